The van der Waals surface area contributed by atoms with Gasteiger partial charge in [0, 0.05) is 4.47 Å². The second-order valence-electron chi connectivity index (χ2n) is 4.43. The quantitative estimate of drug-likeness (QED) is 0.943. The standard InChI is InChI=1S/C13H16BrN3/c1-9(2)13-12(15)7-16-17(13)8-10-4-3-5-11(14)6-10/h3-7,9H,8,15H2,1-2H3. The third-order valence-electron chi connectivity index (χ3n) is 2.68. The van der Waals surface area contributed by atoms with Crippen molar-refractivity contribution in [2.75, 3.05) is 5.73 Å². The molecule has 0 unspecified atom stereocenters. The summed E-state index contributed by atoms with van der Waals surface area (Å²) in [5.41, 5.74) is 9.02. The van der Waals surface area contributed by atoms with Crippen molar-refractivity contribution in [1.29, 1.82) is 0 Å². The average Bonchev–Trinajstić information content (AvgIpc) is 2.59. The van der Waals surface area contributed by atoms with Crippen LogP contribution in [0.5, 0.6) is 0 Å². The highest BCUT2D eigenvalue weighted by Crippen LogP contribution is 2.22. The van der Waals surface area contributed by atoms with Crippen LogP contribution in [-0.4, -0.2) is 9.78 Å². The van der Waals surface area contributed by atoms with Gasteiger partial charge in [0.1, 0.15) is 0 Å². The molecule has 0 aliphatic carbocycles. The SMILES string of the molecule is CC(C)c1c(N)cnn1Cc1cccc(Br)c1. The average molecular weight is 294 g/mol. The second kappa shape index (κ2) is 4.92. The molecular weight excluding hydrogens is 278 g/mol. The number of nitrogens with two attached hydrogens (primary N) is 1. The number of nitrogen functional groups attached to an aromatic ring is 1. The monoisotopic (exact) mass is 293 g/mol. The van der Waals surface area contributed by atoms with Crippen LogP contribution in [-0.2, 0) is 6.54 Å². The molecule has 0 spiro atoms. The largest absolute Gasteiger partial charge is 0.396 e. The van der Waals surface area contributed by atoms with Crippen LogP contribution in [0.2, 0.25) is 0 Å². The van der Waals surface area contributed by atoms with Crippen LogP contribution in [0.1, 0.15) is 31.0 Å². The maximum absolute atomic E-state index is 5.93. The molecule has 17 heavy (non-hydrogen) atoms. The van der Waals surface area contributed by atoms with E-state index in [1.165, 1.54) is 5.56 Å². The van der Waals surface area contributed by atoms with Crippen molar-refractivity contribution in [3.63, 3.8) is 0 Å². The van der Waals surface area contributed by atoms with Gasteiger partial charge in [-0.3, -0.25) is 4.68 Å². The minimum Gasteiger partial charge on any atom is -0.396 e. The minimum atomic E-state index is 0.379. The number of anilines is 1. The molecule has 0 aliphatic rings. The van der Waals surface area contributed by atoms with Gasteiger partial charge in [-0.2, -0.15) is 5.10 Å². The highest BCUT2D eigenvalue weighted by molar-refractivity contribution is 9.10. The number of nitrogens with zero attached hydrogens (tertiary/aromatic N) is 2. The van der Waals surface area contributed by atoms with Crippen molar-refractivity contribution < 1.29 is 0 Å². The van der Waals surface area contributed by atoms with Gasteiger partial charge in [0.25, 0.3) is 0 Å². The Morgan fingerprint density at radius 3 is 2.82 bits per heavy atom. The van der Waals surface area contributed by atoms with Crippen molar-refractivity contribution in [3.05, 3.63) is 46.2 Å². The van der Waals surface area contributed by atoms with Gasteiger partial charge >= 0.3 is 0 Å². The maximum atomic E-state index is 5.93. The Bertz CT molecular complexity index is 517. The molecule has 90 valence electrons. The molecule has 0 saturated carbocycles. The molecule has 2 aromatic rings. The van der Waals surface area contributed by atoms with Crippen LogP contribution >= 0.6 is 15.9 Å². The van der Waals surface area contributed by atoms with Crippen molar-refractivity contribution in [1.82, 2.24) is 9.78 Å². The fourth-order valence-electron chi connectivity index (χ4n) is 1.97. The van der Waals surface area contributed by atoms with Gasteiger partial charge in [-0.15, -0.1) is 0 Å². The van der Waals surface area contributed by atoms with E-state index in [4.69, 9.17) is 5.73 Å². The Morgan fingerprint density at radius 1 is 1.41 bits per heavy atom. The van der Waals surface area contributed by atoms with Gasteiger partial charge in [-0.05, 0) is 23.6 Å². The van der Waals surface area contributed by atoms with E-state index < -0.39 is 0 Å². The molecule has 2 N–H and O–H groups in total. The predicted octanol–water partition coefficient (Wildman–Crippen LogP) is 3.40. The van der Waals surface area contributed by atoms with Crippen molar-refractivity contribution in [2.45, 2.75) is 26.3 Å². The van der Waals surface area contributed by atoms with Crippen LogP contribution in [0.25, 0.3) is 0 Å². The fraction of sp³-hybridized carbons (Fsp3) is 0.308. The highest BCUT2D eigenvalue weighted by atomic mass is 79.9. The molecule has 2 rings (SSSR count). The summed E-state index contributed by atoms with van der Waals surface area (Å²) in [6.07, 6.45) is 1.73. The highest BCUT2D eigenvalue weighted by Gasteiger charge is 2.12. The molecule has 1 aromatic carbocycles. The Hall–Kier alpha value is -1.29. The second-order valence-corrected chi connectivity index (χ2v) is 5.34. The van der Waals surface area contributed by atoms with Crippen molar-refractivity contribution >= 4 is 21.6 Å². The molecule has 3 nitrogen and oxygen atoms in total. The lowest BCUT2D eigenvalue weighted by Gasteiger charge is -2.11. The number of hydrogen-bond donors (Lipinski definition) is 1. The summed E-state index contributed by atoms with van der Waals surface area (Å²) in [6.45, 7) is 5.01. The molecule has 1 aromatic heterocycles. The van der Waals surface area contributed by atoms with Crippen LogP contribution in [0.15, 0.2) is 34.9 Å². The first-order chi connectivity index (χ1) is 8.08. The topological polar surface area (TPSA) is 43.8 Å². The van der Waals surface area contributed by atoms with E-state index in [1.807, 2.05) is 16.8 Å². The Balaban J connectivity index is 2.30. The molecule has 0 amide bonds. The molecule has 0 atom stereocenters. The van der Waals surface area contributed by atoms with E-state index in [1.54, 1.807) is 6.20 Å². The van der Waals surface area contributed by atoms with E-state index >= 15 is 0 Å². The van der Waals surface area contributed by atoms with E-state index in [0.29, 0.717) is 5.92 Å². The zero-order valence-corrected chi connectivity index (χ0v) is 11.6. The molecule has 0 radical (unpaired) electrons. The summed E-state index contributed by atoms with van der Waals surface area (Å²) < 4.78 is 3.06. The summed E-state index contributed by atoms with van der Waals surface area (Å²) >= 11 is 3.47. The fourth-order valence-corrected chi connectivity index (χ4v) is 2.42. The molecule has 0 aliphatic heterocycles. The Morgan fingerprint density at radius 2 is 2.18 bits per heavy atom. The summed E-state index contributed by atoms with van der Waals surface area (Å²) in [5, 5.41) is 4.34. The van der Waals surface area contributed by atoms with E-state index in [0.717, 1.165) is 22.4 Å². The molecule has 0 bridgehead atoms. The lowest BCUT2D eigenvalue weighted by atomic mass is 10.1. The zero-order chi connectivity index (χ0) is 12.4. The van der Waals surface area contributed by atoms with Gasteiger partial charge in [0.2, 0.25) is 0 Å². The van der Waals surface area contributed by atoms with Crippen molar-refractivity contribution in [2.24, 2.45) is 0 Å². The number of aromatic nitrogens is 2. The normalized spacial score (nSPS) is 11.1. The van der Waals surface area contributed by atoms with Gasteiger partial charge in [-0.25, -0.2) is 0 Å². The Labute approximate surface area is 110 Å². The van der Waals surface area contributed by atoms with Crippen molar-refractivity contribution in [3.8, 4) is 0 Å². The first kappa shape index (κ1) is 12.2. The molecular formula is C13H16BrN3. The van der Waals surface area contributed by atoms with Gasteiger partial charge in [0.05, 0.1) is 24.1 Å². The zero-order valence-electron chi connectivity index (χ0n) is 10.0. The summed E-state index contributed by atoms with van der Waals surface area (Å²) in [6, 6.07) is 8.24. The van der Waals surface area contributed by atoms with Crippen LogP contribution in [0, 0.1) is 0 Å². The first-order valence-corrected chi connectivity index (χ1v) is 6.43. The summed E-state index contributed by atoms with van der Waals surface area (Å²) in [5.74, 6) is 0.379. The van der Waals surface area contributed by atoms with Gasteiger partial charge in [0.15, 0.2) is 0 Å². The third kappa shape index (κ3) is 2.69. The van der Waals surface area contributed by atoms with Crippen LogP contribution < -0.4 is 5.73 Å². The summed E-state index contributed by atoms with van der Waals surface area (Å²) in [4.78, 5) is 0. The predicted molar refractivity (Wildman–Crippen MR) is 74.0 cm³/mol. The maximum Gasteiger partial charge on any atom is 0.0735 e. The molecule has 0 fully saturated rings. The van der Waals surface area contributed by atoms with Crippen LogP contribution in [0.4, 0.5) is 5.69 Å². The van der Waals surface area contributed by atoms with E-state index in [-0.39, 0.29) is 0 Å². The minimum absolute atomic E-state index is 0.379. The smallest absolute Gasteiger partial charge is 0.0735 e. The summed E-state index contributed by atoms with van der Waals surface area (Å²) in [7, 11) is 0. The van der Waals surface area contributed by atoms with E-state index in [9.17, 15) is 0 Å². The van der Waals surface area contributed by atoms with E-state index in [2.05, 4.69) is 47.0 Å². The molecule has 4 heteroatoms. The lowest BCUT2D eigenvalue weighted by Crippen LogP contribution is -2.08. The number of halogens is 1. The first-order valence-electron chi connectivity index (χ1n) is 5.63. The molecule has 0 saturated heterocycles. The van der Waals surface area contributed by atoms with Crippen LogP contribution in [0.3, 0.4) is 0 Å². The number of hydrogen-bond acceptors (Lipinski definition) is 2. The Kier molecular flexibility index (Phi) is 3.52. The van der Waals surface area contributed by atoms with Gasteiger partial charge in [-0.1, -0.05) is 41.9 Å². The number of benzene rings is 1. The lowest BCUT2D eigenvalue weighted by molar-refractivity contribution is 0.618. The van der Waals surface area contributed by atoms with Gasteiger partial charge < -0.3 is 5.73 Å². The molecule has 1 heterocycles. The third-order valence-corrected chi connectivity index (χ3v) is 3.17. The number of rotatable bonds is 3.